The third kappa shape index (κ3) is 4.79. The van der Waals surface area contributed by atoms with Crippen LogP contribution in [0, 0.1) is 6.92 Å². The minimum absolute atomic E-state index is 0.179. The summed E-state index contributed by atoms with van der Waals surface area (Å²) in [5.74, 6) is -0.811. The number of hydrogen-bond donors (Lipinski definition) is 1. The van der Waals surface area contributed by atoms with E-state index in [1.807, 2.05) is 5.32 Å². The van der Waals surface area contributed by atoms with Crippen molar-refractivity contribution in [1.29, 1.82) is 0 Å². The zero-order chi connectivity index (χ0) is 22.1. The maximum atomic E-state index is 13.2. The molecule has 0 aliphatic carbocycles. The molecule has 30 heavy (non-hydrogen) atoms. The highest BCUT2D eigenvalue weighted by Crippen LogP contribution is 2.28. The molecule has 0 fully saturated rings. The molecule has 0 saturated carbocycles. The predicted molar refractivity (Wildman–Crippen MR) is 111 cm³/mol. The molecule has 0 saturated heterocycles. The first-order valence-corrected chi connectivity index (χ1v) is 10.1. The Morgan fingerprint density at radius 3 is 2.63 bits per heavy atom. The van der Waals surface area contributed by atoms with E-state index in [9.17, 15) is 22.8 Å². The van der Waals surface area contributed by atoms with E-state index in [0.717, 1.165) is 11.8 Å². The number of hydrogen-bond acceptors (Lipinski definition) is 4. The van der Waals surface area contributed by atoms with E-state index in [0.29, 0.717) is 27.2 Å². The molecule has 10 heteroatoms. The number of carbonyl (C=O) groups excluding carboxylic acids is 1. The van der Waals surface area contributed by atoms with Gasteiger partial charge in [0, 0.05) is 5.02 Å². The van der Waals surface area contributed by atoms with Gasteiger partial charge in [0.2, 0.25) is 5.91 Å². The first-order chi connectivity index (χ1) is 14.1. The Bertz CT molecular complexity index is 1160. The summed E-state index contributed by atoms with van der Waals surface area (Å²) in [6.07, 6.45) is -4.51. The zero-order valence-corrected chi connectivity index (χ0v) is 17.5. The van der Waals surface area contributed by atoms with Crippen LogP contribution in [0.15, 0.2) is 52.4 Å². The van der Waals surface area contributed by atoms with Gasteiger partial charge in [-0.2, -0.15) is 13.2 Å². The molecule has 1 unspecified atom stereocenters. The lowest BCUT2D eigenvalue weighted by atomic mass is 10.2. The normalized spacial score (nSPS) is 12.7. The average Bonchev–Trinajstić information content (AvgIpc) is 2.68. The molecule has 0 aliphatic rings. The number of carbonyl (C=O) groups is 1. The van der Waals surface area contributed by atoms with Crippen molar-refractivity contribution in [3.05, 3.63) is 63.4 Å². The summed E-state index contributed by atoms with van der Waals surface area (Å²) >= 11 is 7.11. The van der Waals surface area contributed by atoms with Crippen LogP contribution in [-0.2, 0) is 4.79 Å². The van der Waals surface area contributed by atoms with Crippen molar-refractivity contribution in [2.75, 3.05) is 6.54 Å². The summed E-state index contributed by atoms with van der Waals surface area (Å²) in [4.78, 5) is 29.9. The molecule has 158 valence electrons. The van der Waals surface area contributed by atoms with E-state index >= 15 is 0 Å². The van der Waals surface area contributed by atoms with Gasteiger partial charge in [-0.25, -0.2) is 4.98 Å². The number of fused-ring (bicyclic) bond motifs is 1. The second-order valence-corrected chi connectivity index (χ2v) is 8.24. The van der Waals surface area contributed by atoms with Gasteiger partial charge in [0.1, 0.15) is 6.54 Å². The molecule has 3 rings (SSSR count). The summed E-state index contributed by atoms with van der Waals surface area (Å²) in [7, 11) is 0. The van der Waals surface area contributed by atoms with Gasteiger partial charge >= 0.3 is 6.18 Å². The van der Waals surface area contributed by atoms with Gasteiger partial charge in [-0.3, -0.25) is 14.2 Å². The third-order valence-electron chi connectivity index (χ3n) is 4.34. The monoisotopic (exact) mass is 455 g/mol. The largest absolute Gasteiger partial charge is 0.405 e. The average molecular weight is 456 g/mol. The Kier molecular flexibility index (Phi) is 6.42. The number of amides is 1. The standard InChI is InChI=1S/C20H17ClF3N3O2S/c1-11-14(21)7-5-9-16(11)27-18(29)13-6-3-4-8-15(13)26-19(27)30-12(2)17(28)25-10-20(22,23)24/h3-9,12H,10H2,1-2H3,(H,25,28). The highest BCUT2D eigenvalue weighted by atomic mass is 35.5. The van der Waals surface area contributed by atoms with Crippen molar-refractivity contribution in [2.45, 2.75) is 30.4 Å². The lowest BCUT2D eigenvalue weighted by Crippen LogP contribution is -2.38. The summed E-state index contributed by atoms with van der Waals surface area (Å²) < 4.78 is 38.6. The lowest BCUT2D eigenvalue weighted by molar-refractivity contribution is -0.137. The van der Waals surface area contributed by atoms with Gasteiger partial charge < -0.3 is 5.32 Å². The molecule has 1 N–H and O–H groups in total. The molecule has 3 aromatic rings. The number of benzene rings is 2. The molecular formula is C20H17ClF3N3O2S. The molecule has 2 aromatic carbocycles. The molecular weight excluding hydrogens is 439 g/mol. The van der Waals surface area contributed by atoms with E-state index in [-0.39, 0.29) is 10.7 Å². The van der Waals surface area contributed by atoms with Gasteiger partial charge in [-0.15, -0.1) is 0 Å². The van der Waals surface area contributed by atoms with E-state index in [1.54, 1.807) is 49.4 Å². The van der Waals surface area contributed by atoms with E-state index < -0.39 is 23.9 Å². The number of rotatable bonds is 5. The number of thioether (sulfide) groups is 1. The van der Waals surface area contributed by atoms with Crippen LogP contribution in [0.2, 0.25) is 5.02 Å². The molecule has 0 aliphatic heterocycles. The van der Waals surface area contributed by atoms with Crippen LogP contribution in [0.3, 0.4) is 0 Å². The van der Waals surface area contributed by atoms with Crippen LogP contribution in [0.1, 0.15) is 12.5 Å². The maximum absolute atomic E-state index is 13.2. The van der Waals surface area contributed by atoms with Gasteiger partial charge in [0.05, 0.1) is 21.8 Å². The lowest BCUT2D eigenvalue weighted by Gasteiger charge is -2.18. The number of halogens is 4. The number of aromatic nitrogens is 2. The topological polar surface area (TPSA) is 64.0 Å². The first kappa shape index (κ1) is 22.2. The number of nitrogens with one attached hydrogen (secondary N) is 1. The first-order valence-electron chi connectivity index (χ1n) is 8.87. The zero-order valence-electron chi connectivity index (χ0n) is 16.0. The van der Waals surface area contributed by atoms with E-state index in [2.05, 4.69) is 4.98 Å². The summed E-state index contributed by atoms with van der Waals surface area (Å²) in [6.45, 7) is 1.77. The Labute approximate surface area is 179 Å². The van der Waals surface area contributed by atoms with Crippen molar-refractivity contribution in [3.63, 3.8) is 0 Å². The van der Waals surface area contributed by atoms with Crippen LogP contribution in [-0.4, -0.2) is 33.4 Å². The summed E-state index contributed by atoms with van der Waals surface area (Å²) in [5.41, 5.74) is 1.17. The molecule has 1 heterocycles. The minimum Gasteiger partial charge on any atom is -0.346 e. The smallest absolute Gasteiger partial charge is 0.346 e. The fourth-order valence-corrected chi connectivity index (χ4v) is 3.90. The Hall–Kier alpha value is -2.52. The summed E-state index contributed by atoms with van der Waals surface area (Å²) in [6, 6.07) is 11.8. The van der Waals surface area contributed by atoms with Crippen molar-refractivity contribution >= 4 is 40.2 Å². The van der Waals surface area contributed by atoms with Crippen molar-refractivity contribution in [1.82, 2.24) is 14.9 Å². The third-order valence-corrected chi connectivity index (χ3v) is 5.80. The molecule has 1 atom stereocenters. The fraction of sp³-hybridized carbons (Fsp3) is 0.250. The number of nitrogens with zero attached hydrogens (tertiary/aromatic N) is 2. The van der Waals surface area contributed by atoms with Crippen LogP contribution >= 0.6 is 23.4 Å². The van der Waals surface area contributed by atoms with Crippen molar-refractivity contribution in [2.24, 2.45) is 0 Å². The van der Waals surface area contributed by atoms with Crippen LogP contribution < -0.4 is 10.9 Å². The second kappa shape index (κ2) is 8.69. The van der Waals surface area contributed by atoms with Crippen LogP contribution in [0.5, 0.6) is 0 Å². The Balaban J connectivity index is 2.08. The molecule has 0 radical (unpaired) electrons. The quantitative estimate of drug-likeness (QED) is 0.454. The van der Waals surface area contributed by atoms with E-state index in [1.165, 1.54) is 11.5 Å². The van der Waals surface area contributed by atoms with Crippen molar-refractivity contribution in [3.8, 4) is 5.69 Å². The molecule has 0 spiro atoms. The van der Waals surface area contributed by atoms with Crippen LogP contribution in [0.25, 0.3) is 16.6 Å². The highest BCUT2D eigenvalue weighted by Gasteiger charge is 2.29. The van der Waals surface area contributed by atoms with Gasteiger partial charge in [0.25, 0.3) is 5.56 Å². The highest BCUT2D eigenvalue weighted by molar-refractivity contribution is 8.00. The van der Waals surface area contributed by atoms with E-state index in [4.69, 9.17) is 11.6 Å². The molecule has 1 amide bonds. The van der Waals surface area contributed by atoms with Gasteiger partial charge in [-0.05, 0) is 43.7 Å². The SMILES string of the molecule is Cc1c(Cl)cccc1-n1c(SC(C)C(=O)NCC(F)(F)F)nc2ccccc2c1=O. The van der Waals surface area contributed by atoms with Crippen molar-refractivity contribution < 1.29 is 18.0 Å². The Morgan fingerprint density at radius 2 is 1.93 bits per heavy atom. The van der Waals surface area contributed by atoms with Gasteiger partial charge in [-0.1, -0.05) is 41.6 Å². The Morgan fingerprint density at radius 1 is 1.23 bits per heavy atom. The molecule has 1 aromatic heterocycles. The maximum Gasteiger partial charge on any atom is 0.405 e. The second-order valence-electron chi connectivity index (χ2n) is 6.53. The minimum atomic E-state index is -4.51. The van der Waals surface area contributed by atoms with Gasteiger partial charge in [0.15, 0.2) is 5.16 Å². The molecule has 0 bridgehead atoms. The molecule has 5 nitrogen and oxygen atoms in total. The van der Waals surface area contributed by atoms with Crippen LogP contribution in [0.4, 0.5) is 13.2 Å². The summed E-state index contributed by atoms with van der Waals surface area (Å²) in [5, 5.41) is 1.92. The predicted octanol–water partition coefficient (Wildman–Crippen LogP) is 4.51. The number of para-hydroxylation sites is 1. The number of alkyl halides is 3. The fourth-order valence-electron chi connectivity index (χ4n) is 2.78.